The topological polar surface area (TPSA) is 295 Å². The number of primary amides is 1. The van der Waals surface area contributed by atoms with Crippen molar-refractivity contribution < 1.29 is 67.2 Å². The Hall–Kier alpha value is -6.65. The summed E-state index contributed by atoms with van der Waals surface area (Å²) in [5.74, 6) is -2.17. The van der Waals surface area contributed by atoms with E-state index in [1.807, 2.05) is 33.8 Å². The molecule has 0 radical (unpaired) electrons. The molecule has 22 nitrogen and oxygen atoms in total. The maximum atomic E-state index is 14.7. The average Bonchev–Trinajstić information content (AvgIpc) is 4.20. The van der Waals surface area contributed by atoms with Gasteiger partial charge in [-0.25, -0.2) is 14.4 Å². The van der Waals surface area contributed by atoms with Gasteiger partial charge >= 0.3 is 18.2 Å². The second kappa shape index (κ2) is 27.0. The number of imide groups is 1. The fourth-order valence-electron chi connectivity index (χ4n) is 13.3. The van der Waals surface area contributed by atoms with E-state index in [0.717, 1.165) is 29.0 Å². The molecular weight excluding hydrogens is 1040 g/mol. The quantitative estimate of drug-likeness (QED) is 0.0497. The van der Waals surface area contributed by atoms with Gasteiger partial charge in [-0.05, 0) is 105 Å². The molecule has 1 unspecified atom stereocenters. The van der Waals surface area contributed by atoms with E-state index in [-0.39, 0.29) is 92.2 Å². The Balaban J connectivity index is 0.850. The van der Waals surface area contributed by atoms with Crippen molar-refractivity contribution in [2.75, 3.05) is 58.7 Å². The highest BCUT2D eigenvalue weighted by molar-refractivity contribution is 6.12. The molecule has 1 aromatic rings. The van der Waals surface area contributed by atoms with Crippen LogP contribution in [0.2, 0.25) is 0 Å². The van der Waals surface area contributed by atoms with Crippen LogP contribution in [-0.4, -0.2) is 163 Å². The average molecular weight is 1130 g/mol. The Morgan fingerprint density at radius 2 is 1.60 bits per heavy atom. The number of nitrogens with one attached hydrogen (secondary N) is 4. The van der Waals surface area contributed by atoms with Crippen LogP contribution in [0.15, 0.2) is 60.2 Å². The highest BCUT2D eigenvalue weighted by atomic mass is 16.7. The van der Waals surface area contributed by atoms with E-state index in [4.69, 9.17) is 24.7 Å². The van der Waals surface area contributed by atoms with Crippen LogP contribution in [0, 0.1) is 34.5 Å². The Morgan fingerprint density at radius 3 is 2.27 bits per heavy atom. The molecule has 0 aromatic heterocycles. The number of urea groups is 1. The summed E-state index contributed by atoms with van der Waals surface area (Å²) in [6, 6.07) is 5.29. The van der Waals surface area contributed by atoms with Crippen molar-refractivity contribution in [2.45, 2.75) is 154 Å². The summed E-state index contributed by atoms with van der Waals surface area (Å²) in [5, 5.41) is 23.8. The van der Waals surface area contributed by atoms with Gasteiger partial charge in [-0.15, -0.1) is 0 Å². The SMILES string of the molecule is CCCC1O[C@@H]2C[C@H]3[C@@H]4CCC5=CC(=O)C=C[C@]5(C)[C@H]4[C@@H](O)C[C@]3(C)[C@]2(C(=O)COC(=O)N(C)CCN(C)C(=O)OCc2ccc(NC[C@H](CCCNC(N)=O)NC(=O)[C@@H](NC(=O)CCCCCN3C(=O)C=CC3=O)C(C)C)cc2)O1. The number of nitrogens with two attached hydrogens (primary N) is 1. The van der Waals surface area contributed by atoms with Gasteiger partial charge in [-0.3, -0.25) is 33.7 Å². The number of fused-ring (bicyclic) bond motifs is 7. The second-order valence-electron chi connectivity index (χ2n) is 23.5. The first kappa shape index (κ1) is 62.0. The molecule has 8 amide bonds. The number of benzene rings is 1. The third-order valence-corrected chi connectivity index (χ3v) is 17.6. The minimum atomic E-state index is -1.44. The first-order chi connectivity index (χ1) is 38.5. The zero-order chi connectivity index (χ0) is 58.8. The molecule has 2 heterocycles. The van der Waals surface area contributed by atoms with E-state index in [1.165, 1.54) is 29.0 Å². The lowest BCUT2D eigenvalue weighted by Gasteiger charge is -2.59. The Kier molecular flexibility index (Phi) is 20.6. The van der Waals surface area contributed by atoms with E-state index in [2.05, 4.69) is 28.2 Å². The predicted molar refractivity (Wildman–Crippen MR) is 297 cm³/mol. The number of hydrogen-bond donors (Lipinski definition) is 6. The number of ketones is 2. The number of unbranched alkanes of at least 4 members (excludes halogenated alkanes) is 2. The molecule has 2 aliphatic heterocycles. The van der Waals surface area contributed by atoms with Crippen LogP contribution >= 0.6 is 0 Å². The van der Waals surface area contributed by atoms with Crippen molar-refractivity contribution in [2.24, 2.45) is 40.2 Å². The van der Waals surface area contributed by atoms with Crippen molar-refractivity contribution in [1.82, 2.24) is 30.7 Å². The van der Waals surface area contributed by atoms with Crippen molar-refractivity contribution in [3.05, 3.63) is 65.8 Å². The number of allylic oxidation sites excluding steroid dienone is 4. The first-order valence-corrected chi connectivity index (χ1v) is 28.7. The van der Waals surface area contributed by atoms with Crippen molar-refractivity contribution in [3.8, 4) is 0 Å². The first-order valence-electron chi connectivity index (χ1n) is 28.7. The van der Waals surface area contributed by atoms with Crippen LogP contribution in [-0.2, 0) is 54.3 Å². The summed E-state index contributed by atoms with van der Waals surface area (Å²) in [6.07, 6.45) is 10.8. The number of Topliss-reactive ketones (excluding diaryl/α,β-unsaturated/α-hetero) is 1. The fraction of sp³-hybridized carbons (Fsp3) is 0.644. The van der Waals surface area contributed by atoms with Crippen molar-refractivity contribution in [3.63, 3.8) is 0 Å². The molecule has 1 aromatic carbocycles. The highest BCUT2D eigenvalue weighted by Gasteiger charge is 2.76. The molecular formula is C59H84N8O14. The van der Waals surface area contributed by atoms with Gasteiger partial charge < -0.3 is 60.9 Å². The zero-order valence-corrected chi connectivity index (χ0v) is 48.0. The summed E-state index contributed by atoms with van der Waals surface area (Å²) < 4.78 is 24.5. The number of amides is 8. The minimum Gasteiger partial charge on any atom is -0.445 e. The van der Waals surface area contributed by atoms with Crippen LogP contribution in [0.3, 0.4) is 0 Å². The molecule has 7 rings (SSSR count). The second-order valence-corrected chi connectivity index (χ2v) is 23.5. The number of nitrogens with zero attached hydrogens (tertiary/aromatic N) is 3. The standard InChI is InChI=1S/C59H84N8O14/c1-8-13-50-80-46-31-43-42-21-18-38-30-41(68)24-25-57(38,4)51(42)44(69)32-58(43,5)59(46,81-50)45(70)35-79-56(77)66(7)29-28-65(6)55(76)78-34-37-16-19-39(20-17-37)62-33-40(14-12-26-61-54(60)75)63-53(74)52(36(2)3)64-47(71)15-10-9-11-27-67-48(72)22-23-49(67)73/h16-17,19-20,22-25,30,36,40,42-44,46,50-52,62,69H,8-15,18,21,26-29,31-35H2,1-7H3,(H,63,74)(H,64,71)(H3,60,61,75)/t40-,42-,43-,44-,46+,50?,51+,52-,57-,58-,59+/m0/s1. The Bertz CT molecular complexity index is 2590. The summed E-state index contributed by atoms with van der Waals surface area (Å²) in [5.41, 5.74) is 4.95. The largest absolute Gasteiger partial charge is 0.445 e. The number of ether oxygens (including phenoxy) is 4. The van der Waals surface area contributed by atoms with E-state index in [1.54, 1.807) is 43.5 Å². The molecule has 4 fully saturated rings. The van der Waals surface area contributed by atoms with Gasteiger partial charge in [0.15, 0.2) is 24.3 Å². The Morgan fingerprint density at radius 1 is 0.914 bits per heavy atom. The van der Waals surface area contributed by atoms with Crippen LogP contribution in [0.25, 0.3) is 0 Å². The summed E-state index contributed by atoms with van der Waals surface area (Å²) >= 11 is 0. The molecule has 444 valence electrons. The number of anilines is 1. The lowest BCUT2D eigenvalue weighted by Crippen LogP contribution is -2.63. The van der Waals surface area contributed by atoms with Gasteiger partial charge in [0, 0.05) is 93.9 Å². The molecule has 1 saturated heterocycles. The molecule has 81 heavy (non-hydrogen) atoms. The molecule has 0 spiro atoms. The van der Waals surface area contributed by atoms with E-state index >= 15 is 0 Å². The minimum absolute atomic E-state index is 0.0302. The number of rotatable bonds is 27. The number of carbonyl (C=O) groups excluding carboxylic acids is 9. The maximum absolute atomic E-state index is 14.7. The van der Waals surface area contributed by atoms with Crippen LogP contribution in [0.4, 0.5) is 20.1 Å². The number of hydrogen-bond acceptors (Lipinski definition) is 15. The van der Waals surface area contributed by atoms with E-state index in [0.29, 0.717) is 70.0 Å². The predicted octanol–water partition coefficient (Wildman–Crippen LogP) is 5.03. The van der Waals surface area contributed by atoms with Crippen LogP contribution in [0.5, 0.6) is 0 Å². The van der Waals surface area contributed by atoms with Gasteiger partial charge in [0.05, 0.1) is 12.2 Å². The van der Waals surface area contributed by atoms with Gasteiger partial charge in [0.25, 0.3) is 11.8 Å². The van der Waals surface area contributed by atoms with Crippen molar-refractivity contribution in [1.29, 1.82) is 0 Å². The number of aliphatic hydroxyl groups is 1. The molecule has 0 bridgehead atoms. The maximum Gasteiger partial charge on any atom is 0.409 e. The molecule has 6 aliphatic rings. The number of aliphatic hydroxyl groups excluding tert-OH is 1. The fourth-order valence-corrected chi connectivity index (χ4v) is 13.3. The van der Waals surface area contributed by atoms with Gasteiger partial charge in [0.2, 0.25) is 17.6 Å². The van der Waals surface area contributed by atoms with Crippen molar-refractivity contribution >= 4 is 59.1 Å². The van der Waals surface area contributed by atoms with Gasteiger partial charge in [-0.2, -0.15) is 0 Å². The van der Waals surface area contributed by atoms with Gasteiger partial charge in [0.1, 0.15) is 12.6 Å². The summed E-state index contributed by atoms with van der Waals surface area (Å²) in [4.78, 5) is 119. The summed E-state index contributed by atoms with van der Waals surface area (Å²) in [7, 11) is 3.05. The highest BCUT2D eigenvalue weighted by Crippen LogP contribution is 2.69. The van der Waals surface area contributed by atoms with E-state index in [9.17, 15) is 48.3 Å². The van der Waals surface area contributed by atoms with E-state index < -0.39 is 77.6 Å². The molecule has 4 aliphatic carbocycles. The molecule has 7 N–H and O–H groups in total. The molecule has 3 saturated carbocycles. The number of carbonyl (C=O) groups is 9. The zero-order valence-electron chi connectivity index (χ0n) is 48.0. The van der Waals surface area contributed by atoms with Crippen LogP contribution < -0.4 is 27.0 Å². The Labute approximate surface area is 474 Å². The number of likely N-dealkylation sites (N-methyl/N-ethyl adjacent to an activating group) is 2. The summed E-state index contributed by atoms with van der Waals surface area (Å²) in [6.45, 7) is 10.2. The smallest absolute Gasteiger partial charge is 0.409 e. The monoisotopic (exact) mass is 1130 g/mol. The lowest BCUT2D eigenvalue weighted by atomic mass is 9.46. The molecule has 22 heteroatoms. The van der Waals surface area contributed by atoms with Gasteiger partial charge in [-0.1, -0.05) is 71.2 Å². The normalized spacial score (nSPS) is 27.7. The van der Waals surface area contributed by atoms with Crippen LogP contribution in [0.1, 0.15) is 117 Å². The lowest BCUT2D eigenvalue weighted by molar-refractivity contribution is -0.200. The molecule has 11 atom stereocenters. The third-order valence-electron chi connectivity index (χ3n) is 17.6. The third kappa shape index (κ3) is 14.2.